The van der Waals surface area contributed by atoms with Crippen molar-refractivity contribution in [3.63, 3.8) is 0 Å². The van der Waals surface area contributed by atoms with Crippen LogP contribution >= 0.6 is 0 Å². The second-order valence-electron chi connectivity index (χ2n) is 2.86. The van der Waals surface area contributed by atoms with Crippen molar-refractivity contribution >= 4 is 12.2 Å². The molecule has 1 aliphatic rings. The van der Waals surface area contributed by atoms with Gasteiger partial charge in [0, 0.05) is 10.6 Å². The predicted octanol–water partition coefficient (Wildman–Crippen LogP) is 0.712. The van der Waals surface area contributed by atoms with E-state index in [4.69, 9.17) is 5.26 Å². The van der Waals surface area contributed by atoms with Crippen LogP contribution < -0.4 is 10.6 Å². The number of nitriles is 1. The maximum atomic E-state index is 13.5. The summed E-state index contributed by atoms with van der Waals surface area (Å²) in [6.07, 6.45) is 10.5. The Labute approximate surface area is 80.0 Å². The summed E-state index contributed by atoms with van der Waals surface area (Å²) in [5, 5.41) is 9.68. The molecule has 2 nitrogen and oxygen atoms in total. The molecule has 0 atom stereocenters. The summed E-state index contributed by atoms with van der Waals surface area (Å²) in [6.45, 7) is 0. The molecule has 3 heteroatoms. The second kappa shape index (κ2) is 3.35. The van der Waals surface area contributed by atoms with Crippen molar-refractivity contribution in [2.24, 2.45) is 0 Å². The van der Waals surface area contributed by atoms with Crippen LogP contribution in [0.4, 0.5) is 4.39 Å². The van der Waals surface area contributed by atoms with Gasteiger partial charge in [-0.15, -0.1) is 0 Å². The van der Waals surface area contributed by atoms with Crippen molar-refractivity contribution in [3.8, 4) is 6.07 Å². The molecule has 1 aromatic rings. The molecule has 68 valence electrons. The van der Waals surface area contributed by atoms with E-state index >= 15 is 0 Å². The van der Waals surface area contributed by atoms with Gasteiger partial charge in [0.25, 0.3) is 0 Å². The second-order valence-corrected chi connectivity index (χ2v) is 2.86. The van der Waals surface area contributed by atoms with Crippen LogP contribution in [0.3, 0.4) is 0 Å². The van der Waals surface area contributed by atoms with Crippen LogP contribution in [-0.4, -0.2) is 4.98 Å². The van der Waals surface area contributed by atoms with E-state index < -0.39 is 5.82 Å². The highest BCUT2D eigenvalue weighted by molar-refractivity contribution is 5.48. The van der Waals surface area contributed by atoms with Gasteiger partial charge in [-0.2, -0.15) is 5.26 Å². The lowest BCUT2D eigenvalue weighted by Crippen LogP contribution is -2.24. The van der Waals surface area contributed by atoms with Crippen LogP contribution in [0, 0.1) is 17.1 Å². The van der Waals surface area contributed by atoms with Gasteiger partial charge in [-0.25, -0.2) is 4.39 Å². The Balaban J connectivity index is 2.87. The minimum Gasteiger partial charge on any atom is -0.344 e. The van der Waals surface area contributed by atoms with Crippen molar-refractivity contribution in [3.05, 3.63) is 46.4 Å². The quantitative estimate of drug-likeness (QED) is 0.637. The minimum absolute atomic E-state index is 0.0220. The summed E-state index contributed by atoms with van der Waals surface area (Å²) in [4.78, 5) is 2.71. The van der Waals surface area contributed by atoms with E-state index in [2.05, 4.69) is 4.98 Å². The highest BCUT2D eigenvalue weighted by Crippen LogP contribution is 1.94. The smallest absolute Gasteiger partial charge is 0.166 e. The van der Waals surface area contributed by atoms with Gasteiger partial charge in [-0.3, -0.25) is 0 Å². The molecule has 0 unspecified atom stereocenters. The lowest BCUT2D eigenvalue weighted by Gasteiger charge is -1.82. The Morgan fingerprint density at radius 3 is 2.57 bits per heavy atom. The Kier molecular flexibility index (Phi) is 2.04. The molecule has 1 N–H and O–H groups in total. The molecule has 2 rings (SSSR count). The van der Waals surface area contributed by atoms with Crippen molar-refractivity contribution in [2.45, 2.75) is 0 Å². The molecule has 0 aromatic carbocycles. The molecule has 1 heterocycles. The summed E-state index contributed by atoms with van der Waals surface area (Å²) in [5.41, 5.74) is -0.0220. The highest BCUT2D eigenvalue weighted by atomic mass is 19.1. The molecule has 0 spiro atoms. The van der Waals surface area contributed by atoms with Gasteiger partial charge < -0.3 is 4.98 Å². The molecule has 1 aliphatic carbocycles. The first-order valence-corrected chi connectivity index (χ1v) is 4.16. The van der Waals surface area contributed by atoms with E-state index in [0.29, 0.717) is 10.6 Å². The number of H-pyrrole nitrogens is 1. The molecule has 0 fully saturated rings. The zero-order valence-corrected chi connectivity index (χ0v) is 7.29. The largest absolute Gasteiger partial charge is 0.344 e. The van der Waals surface area contributed by atoms with E-state index in [1.165, 1.54) is 0 Å². The van der Waals surface area contributed by atoms with Crippen LogP contribution in [-0.2, 0) is 0 Å². The third kappa shape index (κ3) is 1.27. The first-order chi connectivity index (χ1) is 6.83. The molecular formula is C11H7FN2. The van der Waals surface area contributed by atoms with Crippen molar-refractivity contribution < 1.29 is 4.39 Å². The normalized spacial score (nSPS) is 22.6. The van der Waals surface area contributed by atoms with Gasteiger partial charge in [0.1, 0.15) is 6.07 Å². The Morgan fingerprint density at radius 1 is 1.14 bits per heavy atom. The number of aromatic nitrogens is 1. The average Bonchev–Trinajstić information content (AvgIpc) is 2.42. The molecule has 0 saturated carbocycles. The van der Waals surface area contributed by atoms with Crippen LogP contribution in [0.1, 0.15) is 5.69 Å². The number of hydrogen-bond acceptors (Lipinski definition) is 1. The predicted molar refractivity (Wildman–Crippen MR) is 51.9 cm³/mol. The summed E-state index contributed by atoms with van der Waals surface area (Å²) in [7, 11) is 0. The van der Waals surface area contributed by atoms with Crippen LogP contribution in [0.2, 0.25) is 0 Å². The van der Waals surface area contributed by atoms with Gasteiger partial charge in [-0.05, 0) is 12.2 Å². The summed E-state index contributed by atoms with van der Waals surface area (Å²) < 4.78 is 13.5. The number of halogens is 1. The van der Waals surface area contributed by atoms with Crippen LogP contribution in [0.15, 0.2) is 24.3 Å². The fourth-order valence-corrected chi connectivity index (χ4v) is 1.31. The maximum absolute atomic E-state index is 13.5. The van der Waals surface area contributed by atoms with Gasteiger partial charge >= 0.3 is 0 Å². The minimum atomic E-state index is -0.487. The molecule has 1 aromatic heterocycles. The topological polar surface area (TPSA) is 39.6 Å². The first-order valence-electron chi connectivity index (χ1n) is 4.16. The SMILES string of the molecule is N#Cc1[nH]c2/c(c1F)=C\C=C\C=C\C=2. The molecule has 0 aliphatic heterocycles. The molecule has 0 amide bonds. The lowest BCUT2D eigenvalue weighted by molar-refractivity contribution is 0.617. The zero-order valence-electron chi connectivity index (χ0n) is 7.29. The monoisotopic (exact) mass is 186 g/mol. The third-order valence-electron chi connectivity index (χ3n) is 1.98. The zero-order chi connectivity index (χ0) is 9.97. The molecule has 0 radical (unpaired) electrons. The molecule has 0 saturated heterocycles. The fourth-order valence-electron chi connectivity index (χ4n) is 1.31. The maximum Gasteiger partial charge on any atom is 0.166 e. The Hall–Kier alpha value is -2.08. The van der Waals surface area contributed by atoms with Crippen molar-refractivity contribution in [2.75, 3.05) is 0 Å². The summed E-state index contributed by atoms with van der Waals surface area (Å²) in [5.74, 6) is -0.487. The number of nitrogens with zero attached hydrogens (tertiary/aromatic N) is 1. The van der Waals surface area contributed by atoms with E-state index in [0.717, 1.165) is 0 Å². The van der Waals surface area contributed by atoms with Crippen LogP contribution in [0.5, 0.6) is 0 Å². The summed E-state index contributed by atoms with van der Waals surface area (Å²) in [6, 6.07) is 1.77. The van der Waals surface area contributed by atoms with E-state index in [-0.39, 0.29) is 5.69 Å². The van der Waals surface area contributed by atoms with E-state index in [1.807, 2.05) is 6.08 Å². The lowest BCUT2D eigenvalue weighted by atomic mass is 10.2. The Morgan fingerprint density at radius 2 is 1.86 bits per heavy atom. The summed E-state index contributed by atoms with van der Waals surface area (Å²) >= 11 is 0. The molecule has 14 heavy (non-hydrogen) atoms. The van der Waals surface area contributed by atoms with Crippen LogP contribution in [0.25, 0.3) is 12.2 Å². The standard InChI is InChI=1S/C11H7FN2/c12-11-8-5-3-1-2-4-6-9(8)14-10(11)7-13/h1-6,14H/b2-1?,3-1+,4-2+,5-3?,6-4?,8-5+,9-6+. The van der Waals surface area contributed by atoms with Gasteiger partial charge in [0.2, 0.25) is 0 Å². The first kappa shape index (κ1) is 8.52. The van der Waals surface area contributed by atoms with E-state index in [9.17, 15) is 4.39 Å². The van der Waals surface area contributed by atoms with E-state index in [1.54, 1.807) is 36.4 Å². The number of allylic oxidation sites excluding steroid dienone is 4. The average molecular weight is 186 g/mol. The Bertz CT molecular complexity index is 568. The highest BCUT2D eigenvalue weighted by Gasteiger charge is 2.06. The fraction of sp³-hybridized carbons (Fsp3) is 0. The number of nitrogens with one attached hydrogen (secondary N) is 1. The number of fused-ring (bicyclic) bond motifs is 1. The van der Waals surface area contributed by atoms with Crippen molar-refractivity contribution in [1.82, 2.24) is 4.98 Å². The van der Waals surface area contributed by atoms with Gasteiger partial charge in [0.15, 0.2) is 11.5 Å². The van der Waals surface area contributed by atoms with Gasteiger partial charge in [-0.1, -0.05) is 24.3 Å². The van der Waals surface area contributed by atoms with Gasteiger partial charge in [0.05, 0.1) is 0 Å². The number of hydrogen-bond donors (Lipinski definition) is 1. The molecular weight excluding hydrogens is 179 g/mol. The third-order valence-corrected chi connectivity index (χ3v) is 1.98. The molecule has 0 bridgehead atoms. The number of aromatic amines is 1. The number of rotatable bonds is 0. The van der Waals surface area contributed by atoms with Crippen molar-refractivity contribution in [1.29, 1.82) is 5.26 Å².